The fourth-order valence-corrected chi connectivity index (χ4v) is 5.31. The summed E-state index contributed by atoms with van der Waals surface area (Å²) in [5.74, 6) is 1.18. The third-order valence-corrected chi connectivity index (χ3v) is 8.66. The van der Waals surface area contributed by atoms with E-state index in [2.05, 4.69) is 10.0 Å². The lowest BCUT2D eigenvalue weighted by atomic mass is 9.86. The number of nitrogens with zero attached hydrogens (tertiary/aromatic N) is 1. The molecule has 1 amide bonds. The standard InChI is InChI=1S/C24H39N3O4S/c1-16(2)27-20-13-12-19(14-21(20)31-24(6,7)22(27)28)25-15-17-8-10-18(11-9-17)26-32(29,30)23(3,4)5/h12-14,16-18,25-26H,8-11,15H2,1-7H3. The van der Waals surface area contributed by atoms with Gasteiger partial charge in [0.05, 0.1) is 10.4 Å². The Morgan fingerprint density at radius 1 is 1.16 bits per heavy atom. The number of benzene rings is 1. The molecule has 2 aliphatic rings. The minimum absolute atomic E-state index is 0.0226. The molecule has 1 aromatic rings. The van der Waals surface area contributed by atoms with Gasteiger partial charge in [0.25, 0.3) is 5.91 Å². The van der Waals surface area contributed by atoms with Gasteiger partial charge in [0.1, 0.15) is 5.75 Å². The normalized spacial score (nSPS) is 23.6. The van der Waals surface area contributed by atoms with Crippen LogP contribution in [0.5, 0.6) is 5.75 Å². The Labute approximate surface area is 193 Å². The van der Waals surface area contributed by atoms with Crippen molar-refractivity contribution in [3.63, 3.8) is 0 Å². The molecule has 32 heavy (non-hydrogen) atoms. The largest absolute Gasteiger partial charge is 0.476 e. The van der Waals surface area contributed by atoms with Crippen molar-refractivity contribution in [2.24, 2.45) is 5.92 Å². The number of amides is 1. The Kier molecular flexibility index (Phi) is 6.87. The predicted octanol–water partition coefficient (Wildman–Crippen LogP) is 4.29. The Balaban J connectivity index is 1.58. The quantitative estimate of drug-likeness (QED) is 0.654. The van der Waals surface area contributed by atoms with Crippen molar-refractivity contribution in [3.05, 3.63) is 18.2 Å². The van der Waals surface area contributed by atoms with Gasteiger partial charge in [-0.1, -0.05) is 0 Å². The number of sulfonamides is 1. The van der Waals surface area contributed by atoms with Crippen LogP contribution in [0.4, 0.5) is 11.4 Å². The summed E-state index contributed by atoms with van der Waals surface area (Å²) in [4.78, 5) is 14.6. The van der Waals surface area contributed by atoms with Crippen LogP contribution in [0.15, 0.2) is 18.2 Å². The van der Waals surface area contributed by atoms with Crippen LogP contribution in [-0.2, 0) is 14.8 Å². The number of carbonyl (C=O) groups excluding carboxylic acids is 1. The molecule has 0 saturated heterocycles. The molecule has 1 aliphatic heterocycles. The van der Waals surface area contributed by atoms with E-state index in [-0.39, 0.29) is 18.0 Å². The number of rotatable bonds is 6. The van der Waals surface area contributed by atoms with E-state index < -0.39 is 20.4 Å². The first-order valence-corrected chi connectivity index (χ1v) is 13.1. The van der Waals surface area contributed by atoms with Crippen LogP contribution < -0.4 is 19.7 Å². The molecule has 7 nitrogen and oxygen atoms in total. The molecular formula is C24H39N3O4S. The van der Waals surface area contributed by atoms with Gasteiger partial charge < -0.3 is 15.0 Å². The zero-order valence-electron chi connectivity index (χ0n) is 20.5. The summed E-state index contributed by atoms with van der Waals surface area (Å²) >= 11 is 0. The van der Waals surface area contributed by atoms with Crippen LogP contribution in [-0.4, -0.2) is 43.3 Å². The van der Waals surface area contributed by atoms with Gasteiger partial charge in [-0.25, -0.2) is 13.1 Å². The van der Waals surface area contributed by atoms with E-state index in [0.717, 1.165) is 43.6 Å². The van der Waals surface area contributed by atoms with Crippen molar-refractivity contribution >= 4 is 27.3 Å². The van der Waals surface area contributed by atoms with Crippen LogP contribution in [0.1, 0.15) is 74.1 Å². The van der Waals surface area contributed by atoms with Gasteiger partial charge in [-0.3, -0.25) is 4.79 Å². The maximum absolute atomic E-state index is 12.8. The maximum Gasteiger partial charge on any atom is 0.270 e. The summed E-state index contributed by atoms with van der Waals surface area (Å²) < 4.78 is 32.9. The highest BCUT2D eigenvalue weighted by molar-refractivity contribution is 7.90. The number of hydrogen-bond donors (Lipinski definition) is 2. The first-order valence-electron chi connectivity index (χ1n) is 11.6. The summed E-state index contributed by atoms with van der Waals surface area (Å²) in [5, 5.41) is 3.51. The molecule has 0 atom stereocenters. The van der Waals surface area contributed by atoms with E-state index in [0.29, 0.717) is 11.7 Å². The van der Waals surface area contributed by atoms with Crippen molar-refractivity contribution in [3.8, 4) is 5.75 Å². The van der Waals surface area contributed by atoms with Crippen molar-refractivity contribution in [1.29, 1.82) is 0 Å². The minimum atomic E-state index is -3.31. The zero-order valence-corrected chi connectivity index (χ0v) is 21.3. The molecule has 0 aromatic heterocycles. The summed E-state index contributed by atoms with van der Waals surface area (Å²) in [6.45, 7) is 13.6. The molecule has 180 valence electrons. The van der Waals surface area contributed by atoms with E-state index in [9.17, 15) is 13.2 Å². The van der Waals surface area contributed by atoms with E-state index in [4.69, 9.17) is 4.74 Å². The zero-order chi connectivity index (χ0) is 23.9. The van der Waals surface area contributed by atoms with Crippen LogP contribution in [0.3, 0.4) is 0 Å². The number of carbonyl (C=O) groups is 1. The third kappa shape index (κ3) is 5.22. The molecule has 1 aliphatic carbocycles. The molecule has 0 radical (unpaired) electrons. The SMILES string of the molecule is CC(C)N1C(=O)C(C)(C)Oc2cc(NCC3CCC(NS(=O)(=O)C(C)(C)C)CC3)ccc21. The van der Waals surface area contributed by atoms with Crippen LogP contribution in [0.25, 0.3) is 0 Å². The van der Waals surface area contributed by atoms with E-state index in [1.807, 2.05) is 36.9 Å². The Morgan fingerprint density at radius 2 is 1.78 bits per heavy atom. The average Bonchev–Trinajstić information content (AvgIpc) is 2.66. The third-order valence-electron chi connectivity index (χ3n) is 6.40. The van der Waals surface area contributed by atoms with E-state index >= 15 is 0 Å². The molecule has 0 unspecified atom stereocenters. The summed E-state index contributed by atoms with van der Waals surface area (Å²) in [5.41, 5.74) is 0.879. The second-order valence-electron chi connectivity index (χ2n) is 10.9. The second kappa shape index (κ2) is 8.86. The van der Waals surface area contributed by atoms with Gasteiger partial charge in [-0.15, -0.1) is 0 Å². The van der Waals surface area contributed by atoms with E-state index in [1.165, 1.54) is 0 Å². The van der Waals surface area contributed by atoms with Gasteiger partial charge in [-0.05, 0) is 92.2 Å². The van der Waals surface area contributed by atoms with E-state index in [1.54, 1.807) is 34.6 Å². The lowest BCUT2D eigenvalue weighted by molar-refractivity contribution is -0.133. The summed E-state index contributed by atoms with van der Waals surface area (Å²) in [6.07, 6.45) is 3.67. The first-order chi connectivity index (χ1) is 14.7. The monoisotopic (exact) mass is 465 g/mol. The predicted molar refractivity (Wildman–Crippen MR) is 130 cm³/mol. The molecule has 8 heteroatoms. The van der Waals surface area contributed by atoms with Crippen LogP contribution >= 0.6 is 0 Å². The Hall–Kier alpha value is -1.80. The number of fused-ring (bicyclic) bond motifs is 1. The molecular weight excluding hydrogens is 426 g/mol. The van der Waals surface area contributed by atoms with Gasteiger partial charge in [-0.2, -0.15) is 0 Å². The van der Waals surface area contributed by atoms with Crippen molar-refractivity contribution in [1.82, 2.24) is 4.72 Å². The highest BCUT2D eigenvalue weighted by Gasteiger charge is 2.42. The van der Waals surface area contributed by atoms with Crippen molar-refractivity contribution in [2.75, 3.05) is 16.8 Å². The molecule has 1 fully saturated rings. The van der Waals surface area contributed by atoms with Crippen LogP contribution in [0, 0.1) is 5.92 Å². The molecule has 3 rings (SSSR count). The van der Waals surface area contributed by atoms with Gasteiger partial charge >= 0.3 is 0 Å². The topological polar surface area (TPSA) is 87.7 Å². The Bertz CT molecular complexity index is 942. The summed E-state index contributed by atoms with van der Waals surface area (Å²) in [7, 11) is -3.31. The Morgan fingerprint density at radius 3 is 2.34 bits per heavy atom. The lowest BCUT2D eigenvalue weighted by Gasteiger charge is -2.41. The average molecular weight is 466 g/mol. The molecule has 1 saturated carbocycles. The number of hydrogen-bond acceptors (Lipinski definition) is 5. The first kappa shape index (κ1) is 24.8. The molecule has 0 spiro atoms. The van der Waals surface area contributed by atoms with Crippen molar-refractivity contribution < 1.29 is 17.9 Å². The van der Waals surface area contributed by atoms with Gasteiger partial charge in [0.15, 0.2) is 5.60 Å². The smallest absolute Gasteiger partial charge is 0.270 e. The maximum atomic E-state index is 12.8. The molecule has 2 N–H and O–H groups in total. The number of anilines is 2. The van der Waals surface area contributed by atoms with Crippen molar-refractivity contribution in [2.45, 2.75) is 96.6 Å². The minimum Gasteiger partial charge on any atom is -0.476 e. The molecule has 1 aromatic carbocycles. The lowest BCUT2D eigenvalue weighted by Crippen LogP contribution is -2.54. The molecule has 1 heterocycles. The van der Waals surface area contributed by atoms with Crippen LogP contribution in [0.2, 0.25) is 0 Å². The van der Waals surface area contributed by atoms with Gasteiger partial charge in [0, 0.05) is 30.4 Å². The highest BCUT2D eigenvalue weighted by atomic mass is 32.2. The second-order valence-corrected chi connectivity index (χ2v) is 13.4. The van der Waals surface area contributed by atoms with Gasteiger partial charge in [0.2, 0.25) is 10.0 Å². The number of ether oxygens (including phenoxy) is 1. The fraction of sp³-hybridized carbons (Fsp3) is 0.708. The fourth-order valence-electron chi connectivity index (χ4n) is 4.28. The summed E-state index contributed by atoms with van der Waals surface area (Å²) in [6, 6.07) is 5.99. The highest BCUT2D eigenvalue weighted by Crippen LogP contribution is 2.40. The number of nitrogens with one attached hydrogen (secondary N) is 2. The molecule has 0 bridgehead atoms.